The minimum atomic E-state index is 0.0921. The lowest BCUT2D eigenvalue weighted by atomic mass is 9.78. The van der Waals surface area contributed by atoms with Gasteiger partial charge in [0.2, 0.25) is 0 Å². The number of hydrogen-bond donors (Lipinski definition) is 1. The third-order valence-corrected chi connectivity index (χ3v) is 6.01. The zero-order valence-electron chi connectivity index (χ0n) is 12.1. The highest BCUT2D eigenvalue weighted by atomic mass is 16.5. The molecule has 2 bridgehead atoms. The molecule has 0 aromatic carbocycles. The van der Waals surface area contributed by atoms with Crippen LogP contribution in [0.5, 0.6) is 0 Å². The standard InChI is InChI=1S/C16H29NO/c1-16(7-3-4-8-18-16)15(17-2)11-14-10-12-5-6-13(14)9-12/h12-15,17H,3-11H2,1-2H3. The second kappa shape index (κ2) is 5.13. The Balaban J connectivity index is 1.62. The molecule has 104 valence electrons. The van der Waals surface area contributed by atoms with Gasteiger partial charge in [0.1, 0.15) is 0 Å². The monoisotopic (exact) mass is 251 g/mol. The highest BCUT2D eigenvalue weighted by Crippen LogP contribution is 2.50. The molecule has 2 heteroatoms. The quantitative estimate of drug-likeness (QED) is 0.827. The Morgan fingerprint density at radius 2 is 2.17 bits per heavy atom. The second-order valence-corrected chi connectivity index (χ2v) is 7.13. The van der Waals surface area contributed by atoms with E-state index in [1.807, 2.05) is 0 Å². The van der Waals surface area contributed by atoms with Crippen LogP contribution < -0.4 is 5.32 Å². The van der Waals surface area contributed by atoms with Crippen LogP contribution in [0.4, 0.5) is 0 Å². The SMILES string of the molecule is CNC(CC1CC2CCC1C2)C1(C)CCCCO1. The summed E-state index contributed by atoms with van der Waals surface area (Å²) in [6.07, 6.45) is 11.2. The first-order valence-corrected chi connectivity index (χ1v) is 8.02. The molecule has 3 rings (SSSR count). The smallest absolute Gasteiger partial charge is 0.0806 e. The van der Waals surface area contributed by atoms with E-state index in [9.17, 15) is 0 Å². The maximum atomic E-state index is 6.15. The molecule has 3 aliphatic rings. The minimum absolute atomic E-state index is 0.0921. The third-order valence-electron chi connectivity index (χ3n) is 6.01. The van der Waals surface area contributed by atoms with E-state index >= 15 is 0 Å². The van der Waals surface area contributed by atoms with Crippen molar-refractivity contribution in [3.05, 3.63) is 0 Å². The number of fused-ring (bicyclic) bond motifs is 2. The lowest BCUT2D eigenvalue weighted by Crippen LogP contribution is -2.52. The van der Waals surface area contributed by atoms with Crippen molar-refractivity contribution in [2.45, 2.75) is 69.9 Å². The van der Waals surface area contributed by atoms with E-state index in [4.69, 9.17) is 4.74 Å². The fourth-order valence-electron chi connectivity index (χ4n) is 4.87. The number of nitrogens with one attached hydrogen (secondary N) is 1. The van der Waals surface area contributed by atoms with Gasteiger partial charge in [-0.05, 0) is 76.7 Å². The summed E-state index contributed by atoms with van der Waals surface area (Å²) < 4.78 is 6.15. The van der Waals surface area contributed by atoms with Crippen molar-refractivity contribution in [2.75, 3.05) is 13.7 Å². The molecule has 1 N–H and O–H groups in total. The van der Waals surface area contributed by atoms with E-state index in [0.29, 0.717) is 6.04 Å². The number of likely N-dealkylation sites (N-methyl/N-ethyl adjacent to an activating group) is 1. The molecule has 2 aliphatic carbocycles. The lowest BCUT2D eigenvalue weighted by molar-refractivity contribution is -0.0924. The fourth-order valence-corrected chi connectivity index (χ4v) is 4.87. The third kappa shape index (κ3) is 2.34. The zero-order valence-corrected chi connectivity index (χ0v) is 12.1. The maximum Gasteiger partial charge on any atom is 0.0806 e. The number of hydrogen-bond acceptors (Lipinski definition) is 2. The molecule has 0 aromatic heterocycles. The molecule has 5 unspecified atom stereocenters. The van der Waals surface area contributed by atoms with E-state index in [1.165, 1.54) is 51.4 Å². The Morgan fingerprint density at radius 3 is 2.72 bits per heavy atom. The molecule has 0 radical (unpaired) electrons. The summed E-state index contributed by atoms with van der Waals surface area (Å²) in [5.41, 5.74) is 0.0921. The van der Waals surface area contributed by atoms with Crippen LogP contribution >= 0.6 is 0 Å². The Labute approximate surface area is 112 Å². The fraction of sp³-hybridized carbons (Fsp3) is 1.00. The Morgan fingerprint density at radius 1 is 1.28 bits per heavy atom. The molecule has 1 aliphatic heterocycles. The van der Waals surface area contributed by atoms with Crippen LogP contribution in [-0.2, 0) is 4.74 Å². The average molecular weight is 251 g/mol. The van der Waals surface area contributed by atoms with Gasteiger partial charge in [-0.3, -0.25) is 0 Å². The molecule has 5 atom stereocenters. The Kier molecular flexibility index (Phi) is 3.68. The van der Waals surface area contributed by atoms with Gasteiger partial charge in [0.05, 0.1) is 5.60 Å². The van der Waals surface area contributed by atoms with Gasteiger partial charge in [0, 0.05) is 12.6 Å². The summed E-state index contributed by atoms with van der Waals surface area (Å²) in [6.45, 7) is 3.30. The molecule has 2 nitrogen and oxygen atoms in total. The van der Waals surface area contributed by atoms with Crippen molar-refractivity contribution in [3.8, 4) is 0 Å². The van der Waals surface area contributed by atoms with Gasteiger partial charge in [0.15, 0.2) is 0 Å². The normalized spacial score (nSPS) is 45.3. The Bertz CT molecular complexity index is 285. The van der Waals surface area contributed by atoms with E-state index in [1.54, 1.807) is 0 Å². The van der Waals surface area contributed by atoms with Crippen molar-refractivity contribution in [2.24, 2.45) is 17.8 Å². The molecule has 18 heavy (non-hydrogen) atoms. The van der Waals surface area contributed by atoms with Gasteiger partial charge in [-0.1, -0.05) is 6.42 Å². The second-order valence-electron chi connectivity index (χ2n) is 7.13. The van der Waals surface area contributed by atoms with Crippen LogP contribution in [0.15, 0.2) is 0 Å². The number of ether oxygens (including phenoxy) is 1. The number of rotatable bonds is 4. The maximum absolute atomic E-state index is 6.15. The molecule has 1 heterocycles. The van der Waals surface area contributed by atoms with Gasteiger partial charge < -0.3 is 10.1 Å². The van der Waals surface area contributed by atoms with Gasteiger partial charge >= 0.3 is 0 Å². The molecule has 2 saturated carbocycles. The van der Waals surface area contributed by atoms with E-state index in [0.717, 1.165) is 24.4 Å². The summed E-state index contributed by atoms with van der Waals surface area (Å²) in [6, 6.07) is 0.558. The molecule has 1 saturated heterocycles. The van der Waals surface area contributed by atoms with Crippen LogP contribution in [0, 0.1) is 17.8 Å². The summed E-state index contributed by atoms with van der Waals surface area (Å²) in [5, 5.41) is 3.57. The van der Waals surface area contributed by atoms with E-state index in [2.05, 4.69) is 19.3 Å². The average Bonchev–Trinajstić information content (AvgIpc) is 2.98. The molecule has 3 fully saturated rings. The van der Waals surface area contributed by atoms with Crippen molar-refractivity contribution >= 4 is 0 Å². The molecular weight excluding hydrogens is 222 g/mol. The molecule has 0 aromatic rings. The first-order valence-electron chi connectivity index (χ1n) is 8.02. The van der Waals surface area contributed by atoms with Crippen LogP contribution in [0.2, 0.25) is 0 Å². The lowest BCUT2D eigenvalue weighted by Gasteiger charge is -2.42. The molecule has 0 spiro atoms. The van der Waals surface area contributed by atoms with E-state index < -0.39 is 0 Å². The van der Waals surface area contributed by atoms with Gasteiger partial charge in [-0.2, -0.15) is 0 Å². The van der Waals surface area contributed by atoms with Crippen molar-refractivity contribution in [1.82, 2.24) is 5.32 Å². The minimum Gasteiger partial charge on any atom is -0.374 e. The predicted molar refractivity (Wildman–Crippen MR) is 74.6 cm³/mol. The van der Waals surface area contributed by atoms with Crippen molar-refractivity contribution in [1.29, 1.82) is 0 Å². The highest BCUT2D eigenvalue weighted by molar-refractivity contribution is 4.97. The van der Waals surface area contributed by atoms with Gasteiger partial charge in [-0.25, -0.2) is 0 Å². The highest BCUT2D eigenvalue weighted by Gasteiger charge is 2.43. The zero-order chi connectivity index (χ0) is 12.6. The summed E-state index contributed by atoms with van der Waals surface area (Å²) >= 11 is 0. The first-order chi connectivity index (χ1) is 8.71. The van der Waals surface area contributed by atoms with Crippen LogP contribution in [0.1, 0.15) is 58.3 Å². The Hall–Kier alpha value is -0.0800. The van der Waals surface area contributed by atoms with Crippen LogP contribution in [-0.4, -0.2) is 25.3 Å². The summed E-state index contributed by atoms with van der Waals surface area (Å²) in [4.78, 5) is 0. The van der Waals surface area contributed by atoms with Crippen LogP contribution in [0.25, 0.3) is 0 Å². The van der Waals surface area contributed by atoms with Gasteiger partial charge in [-0.15, -0.1) is 0 Å². The van der Waals surface area contributed by atoms with Crippen LogP contribution in [0.3, 0.4) is 0 Å². The van der Waals surface area contributed by atoms with E-state index in [-0.39, 0.29) is 5.60 Å². The summed E-state index contributed by atoms with van der Waals surface area (Å²) in [7, 11) is 2.13. The topological polar surface area (TPSA) is 21.3 Å². The van der Waals surface area contributed by atoms with Gasteiger partial charge in [0.25, 0.3) is 0 Å². The van der Waals surface area contributed by atoms with Crippen molar-refractivity contribution in [3.63, 3.8) is 0 Å². The first kappa shape index (κ1) is 12.9. The predicted octanol–water partition coefficient (Wildman–Crippen LogP) is 3.36. The summed E-state index contributed by atoms with van der Waals surface area (Å²) in [5.74, 6) is 3.08. The molecular formula is C16H29NO. The van der Waals surface area contributed by atoms with Crippen molar-refractivity contribution < 1.29 is 4.74 Å². The molecule has 0 amide bonds. The largest absolute Gasteiger partial charge is 0.374 e.